The van der Waals surface area contributed by atoms with E-state index in [9.17, 15) is 9.59 Å². The molecule has 0 unspecified atom stereocenters. The number of primary amides is 1. The smallest absolute Gasteiger partial charge is 0.252 e. The second-order valence-electron chi connectivity index (χ2n) is 8.46. The van der Waals surface area contributed by atoms with Crippen molar-refractivity contribution in [2.24, 2.45) is 17.6 Å². The Bertz CT molecular complexity index is 974. The molecule has 0 aliphatic carbocycles. The molecule has 0 aromatic carbocycles. The van der Waals surface area contributed by atoms with Crippen LogP contribution in [-0.4, -0.2) is 52.0 Å². The van der Waals surface area contributed by atoms with Gasteiger partial charge in [0, 0.05) is 49.9 Å². The molecule has 2 aromatic heterocycles. The fourth-order valence-corrected chi connectivity index (χ4v) is 4.18. The van der Waals surface area contributed by atoms with E-state index in [0.29, 0.717) is 37.6 Å². The molecule has 0 atom stereocenters. The van der Waals surface area contributed by atoms with Crippen LogP contribution in [0.25, 0.3) is 11.3 Å². The molecule has 2 aliphatic heterocycles. The Labute approximate surface area is 175 Å². The zero-order valence-electron chi connectivity index (χ0n) is 17.6. The average Bonchev–Trinajstić information content (AvgIpc) is 2.74. The van der Waals surface area contributed by atoms with Crippen molar-refractivity contribution in [1.29, 1.82) is 0 Å². The Hall–Kier alpha value is -2.97. The van der Waals surface area contributed by atoms with Crippen LogP contribution in [0.1, 0.15) is 38.3 Å². The third kappa shape index (κ3) is 4.29. The first-order valence-electron chi connectivity index (χ1n) is 10.7. The maximum Gasteiger partial charge on any atom is 0.252 e. The average molecular weight is 412 g/mol. The number of piperidine rings is 2. The van der Waals surface area contributed by atoms with Gasteiger partial charge in [-0.3, -0.25) is 14.6 Å². The topological polar surface area (TPSA) is 121 Å². The molecule has 2 fully saturated rings. The number of aromatic nitrogens is 4. The fourth-order valence-electron chi connectivity index (χ4n) is 4.18. The van der Waals surface area contributed by atoms with Crippen LogP contribution in [0.2, 0.25) is 0 Å². The fraction of sp³-hybridized carbons (Fsp3) is 0.571. The van der Waals surface area contributed by atoms with Crippen molar-refractivity contribution in [1.82, 2.24) is 19.9 Å². The second kappa shape index (κ2) is 8.41. The Morgan fingerprint density at radius 2 is 1.77 bits per heavy atom. The summed E-state index contributed by atoms with van der Waals surface area (Å²) >= 11 is 0. The lowest BCUT2D eigenvalue weighted by Gasteiger charge is -2.31. The van der Waals surface area contributed by atoms with Crippen molar-refractivity contribution in [2.45, 2.75) is 39.5 Å². The lowest BCUT2D eigenvalue weighted by molar-refractivity contribution is -0.122. The van der Waals surface area contributed by atoms with Gasteiger partial charge in [-0.25, -0.2) is 15.0 Å². The molecule has 0 radical (unpaired) electrons. The zero-order valence-corrected chi connectivity index (χ0v) is 17.6. The molecule has 4 heterocycles. The first-order valence-corrected chi connectivity index (χ1v) is 10.7. The third-order valence-electron chi connectivity index (χ3n) is 6.24. The summed E-state index contributed by atoms with van der Waals surface area (Å²) in [7, 11) is 0. The van der Waals surface area contributed by atoms with Crippen LogP contribution in [0.3, 0.4) is 0 Å². The van der Waals surface area contributed by atoms with Gasteiger partial charge in [-0.15, -0.1) is 0 Å². The van der Waals surface area contributed by atoms with Gasteiger partial charge >= 0.3 is 0 Å². The van der Waals surface area contributed by atoms with E-state index in [0.717, 1.165) is 49.1 Å². The van der Waals surface area contributed by atoms with Crippen molar-refractivity contribution in [2.75, 3.05) is 36.0 Å². The number of aromatic amines is 1. The van der Waals surface area contributed by atoms with Gasteiger partial charge < -0.3 is 15.5 Å². The molecule has 2 aromatic rings. The number of aryl methyl sites for hydroxylation is 1. The lowest BCUT2D eigenvalue weighted by atomic mass is 9.96. The normalized spacial score (nSPS) is 18.6. The molecular formula is C21H29N7O2. The molecule has 0 spiro atoms. The number of carbonyl (C=O) groups excluding carboxylic acids is 1. The summed E-state index contributed by atoms with van der Waals surface area (Å²) in [5, 5.41) is 0. The molecule has 3 N–H and O–H groups in total. The number of nitrogens with zero attached hydrogens (tertiary/aromatic N) is 5. The van der Waals surface area contributed by atoms with E-state index < -0.39 is 0 Å². The molecule has 9 heteroatoms. The van der Waals surface area contributed by atoms with E-state index in [4.69, 9.17) is 10.7 Å². The van der Waals surface area contributed by atoms with Crippen molar-refractivity contribution in [3.05, 3.63) is 28.3 Å². The van der Waals surface area contributed by atoms with Crippen LogP contribution in [0.5, 0.6) is 0 Å². The summed E-state index contributed by atoms with van der Waals surface area (Å²) in [6.45, 7) is 7.39. The molecular weight excluding hydrogens is 382 g/mol. The first kappa shape index (κ1) is 20.3. The number of H-pyrrole nitrogens is 1. The zero-order chi connectivity index (χ0) is 21.3. The first-order chi connectivity index (χ1) is 14.4. The Balaban J connectivity index is 1.56. The van der Waals surface area contributed by atoms with Gasteiger partial charge in [0.05, 0.1) is 11.4 Å². The van der Waals surface area contributed by atoms with E-state index in [1.165, 1.54) is 6.07 Å². The summed E-state index contributed by atoms with van der Waals surface area (Å²) < 4.78 is 0. The van der Waals surface area contributed by atoms with Crippen LogP contribution in [0, 0.1) is 18.8 Å². The van der Waals surface area contributed by atoms with Crippen LogP contribution >= 0.6 is 0 Å². The monoisotopic (exact) mass is 411 g/mol. The number of anilines is 2. The molecule has 9 nitrogen and oxygen atoms in total. The van der Waals surface area contributed by atoms with E-state index in [-0.39, 0.29) is 17.4 Å². The molecule has 0 saturated carbocycles. The molecule has 0 bridgehead atoms. The van der Waals surface area contributed by atoms with Crippen molar-refractivity contribution < 1.29 is 4.79 Å². The van der Waals surface area contributed by atoms with Gasteiger partial charge in [0.15, 0.2) is 0 Å². The molecule has 4 rings (SSSR count). The van der Waals surface area contributed by atoms with Crippen molar-refractivity contribution in [3.63, 3.8) is 0 Å². The highest BCUT2D eigenvalue weighted by molar-refractivity contribution is 5.77. The maximum atomic E-state index is 12.3. The van der Waals surface area contributed by atoms with Gasteiger partial charge in [-0.2, -0.15) is 0 Å². The summed E-state index contributed by atoms with van der Waals surface area (Å²) in [5.41, 5.74) is 7.31. The second-order valence-corrected chi connectivity index (χ2v) is 8.46. The number of amides is 1. The number of nitrogens with two attached hydrogens (primary N) is 1. The number of carbonyl (C=O) groups is 1. The molecule has 2 aliphatic rings. The summed E-state index contributed by atoms with van der Waals surface area (Å²) in [5.74, 6) is 1.61. The number of rotatable bonds is 4. The Kier molecular flexibility index (Phi) is 5.69. The predicted molar refractivity (Wildman–Crippen MR) is 115 cm³/mol. The summed E-state index contributed by atoms with van der Waals surface area (Å²) in [6, 6.07) is 1.48. The quantitative estimate of drug-likeness (QED) is 0.781. The van der Waals surface area contributed by atoms with E-state index in [1.807, 2.05) is 11.8 Å². The molecule has 2 saturated heterocycles. The Morgan fingerprint density at radius 1 is 1.10 bits per heavy atom. The van der Waals surface area contributed by atoms with Crippen LogP contribution in [0.4, 0.5) is 11.9 Å². The van der Waals surface area contributed by atoms with Gasteiger partial charge in [0.2, 0.25) is 17.8 Å². The minimum absolute atomic E-state index is 0.114. The highest BCUT2D eigenvalue weighted by atomic mass is 16.1. The number of hydrogen-bond donors (Lipinski definition) is 2. The largest absolute Gasteiger partial charge is 0.369 e. The van der Waals surface area contributed by atoms with E-state index in [2.05, 4.69) is 26.8 Å². The van der Waals surface area contributed by atoms with Crippen molar-refractivity contribution in [3.8, 4) is 11.3 Å². The van der Waals surface area contributed by atoms with Crippen molar-refractivity contribution >= 4 is 17.8 Å². The van der Waals surface area contributed by atoms with Gasteiger partial charge in [0.1, 0.15) is 0 Å². The number of nitrogens with one attached hydrogen (secondary N) is 1. The van der Waals surface area contributed by atoms with Crippen LogP contribution in [0.15, 0.2) is 17.1 Å². The molecule has 30 heavy (non-hydrogen) atoms. The molecule has 1 amide bonds. The minimum Gasteiger partial charge on any atom is -0.369 e. The third-order valence-corrected chi connectivity index (χ3v) is 6.24. The SMILES string of the molecule is Cc1nc(N2CCC(C)CC2)ncc1-c1cc(=O)[nH]c(N2CCC(C(N)=O)CC2)n1. The summed E-state index contributed by atoms with van der Waals surface area (Å²) in [6.07, 6.45) is 5.38. The standard InChI is InChI=1S/C21H29N7O2/c1-13-3-7-27(8-4-13)20-23-12-16(14(2)24-20)17-11-18(29)26-21(25-17)28-9-5-15(6-10-28)19(22)30/h11-13,15H,3-10H2,1-2H3,(H2,22,30)(H,25,26,29). The maximum absolute atomic E-state index is 12.3. The minimum atomic E-state index is -0.263. The van der Waals surface area contributed by atoms with Crippen LogP contribution < -0.4 is 21.1 Å². The van der Waals surface area contributed by atoms with Gasteiger partial charge in [-0.1, -0.05) is 6.92 Å². The predicted octanol–water partition coefficient (Wildman–Crippen LogP) is 1.47. The van der Waals surface area contributed by atoms with Crippen LogP contribution in [-0.2, 0) is 4.79 Å². The summed E-state index contributed by atoms with van der Waals surface area (Å²) in [4.78, 5) is 44.7. The lowest BCUT2D eigenvalue weighted by Crippen LogP contribution is -2.40. The highest BCUT2D eigenvalue weighted by Crippen LogP contribution is 2.26. The number of hydrogen-bond acceptors (Lipinski definition) is 7. The van der Waals surface area contributed by atoms with Gasteiger partial charge in [0.25, 0.3) is 5.56 Å². The highest BCUT2D eigenvalue weighted by Gasteiger charge is 2.25. The van der Waals surface area contributed by atoms with E-state index in [1.54, 1.807) is 6.20 Å². The van der Waals surface area contributed by atoms with Gasteiger partial charge in [-0.05, 0) is 38.5 Å². The molecule has 160 valence electrons. The Morgan fingerprint density at radius 3 is 2.40 bits per heavy atom. The van der Waals surface area contributed by atoms with E-state index >= 15 is 0 Å².